The number of carbonyl (C=O) groups is 1. The zero-order valence-corrected chi connectivity index (χ0v) is 16.1. The summed E-state index contributed by atoms with van der Waals surface area (Å²) >= 11 is 4.39. The van der Waals surface area contributed by atoms with Gasteiger partial charge in [-0.05, 0) is 36.4 Å². The van der Waals surface area contributed by atoms with Crippen LogP contribution in [0.2, 0.25) is 0 Å². The summed E-state index contributed by atoms with van der Waals surface area (Å²) in [5.41, 5.74) is 0.463. The summed E-state index contributed by atoms with van der Waals surface area (Å²) in [5, 5.41) is 0.260. The number of amides is 1. The monoisotopic (exact) mass is 448 g/mol. The smallest absolute Gasteiger partial charge is 0.260 e. The van der Waals surface area contributed by atoms with Gasteiger partial charge in [-0.25, -0.2) is 13.8 Å². The number of rotatable bonds is 4. The van der Waals surface area contributed by atoms with Crippen molar-refractivity contribution in [3.8, 4) is 0 Å². The first-order valence-corrected chi connectivity index (χ1v) is 9.47. The summed E-state index contributed by atoms with van der Waals surface area (Å²) in [6.07, 6.45) is 1.50. The summed E-state index contributed by atoms with van der Waals surface area (Å²) in [7, 11) is 0. The molecule has 0 saturated carbocycles. The lowest BCUT2D eigenvalue weighted by Crippen LogP contribution is -2.30. The van der Waals surface area contributed by atoms with E-state index in [2.05, 4.69) is 20.9 Å². The molecule has 0 aliphatic heterocycles. The normalized spacial score (nSPS) is 11.1. The van der Waals surface area contributed by atoms with Gasteiger partial charge in [-0.15, -0.1) is 0 Å². The van der Waals surface area contributed by atoms with E-state index in [1.165, 1.54) is 17.2 Å². The van der Waals surface area contributed by atoms with Gasteiger partial charge in [0.15, 0.2) is 10.9 Å². The third-order valence-electron chi connectivity index (χ3n) is 3.84. The number of carbonyl (C=O) groups excluding carboxylic acids is 1. The molecule has 2 heterocycles. The molecule has 0 aliphatic carbocycles. The lowest BCUT2D eigenvalue weighted by Gasteiger charge is -2.18. The fourth-order valence-electron chi connectivity index (χ4n) is 2.62. The van der Waals surface area contributed by atoms with E-state index in [0.717, 1.165) is 21.9 Å². The Labute approximate surface area is 165 Å². The Balaban J connectivity index is 1.80. The minimum Gasteiger partial charge on any atom is -0.467 e. The topological polar surface area (TPSA) is 46.3 Å². The molecule has 4 nitrogen and oxygen atoms in total. The maximum absolute atomic E-state index is 14.1. The molecule has 0 atom stereocenters. The third kappa shape index (κ3) is 3.63. The molecule has 8 heteroatoms. The van der Waals surface area contributed by atoms with E-state index in [9.17, 15) is 13.6 Å². The molecule has 4 rings (SSSR count). The molecular formula is C19H11BrF2N2O2S. The minimum atomic E-state index is -0.764. The number of hydrogen-bond acceptors (Lipinski definition) is 4. The predicted octanol–water partition coefficient (Wildman–Crippen LogP) is 5.78. The fraction of sp³-hybridized carbons (Fsp3) is 0.0526. The molecule has 1 amide bonds. The van der Waals surface area contributed by atoms with Crippen LogP contribution in [0.4, 0.5) is 13.9 Å². The van der Waals surface area contributed by atoms with Crippen LogP contribution in [0, 0.1) is 11.6 Å². The molecule has 0 radical (unpaired) electrons. The van der Waals surface area contributed by atoms with E-state index in [1.54, 1.807) is 30.3 Å². The number of aromatic nitrogens is 1. The van der Waals surface area contributed by atoms with Gasteiger partial charge >= 0.3 is 0 Å². The lowest BCUT2D eigenvalue weighted by atomic mass is 10.2. The number of halogens is 3. The molecule has 0 spiro atoms. The number of thiazole rings is 1. The standard InChI is InChI=1S/C19H11BrF2N2O2S/c20-12-4-1-3-11(7-12)18(25)24(10-14-5-2-6-26-14)19-23-17-15(22)8-13(21)9-16(17)27-19/h1-9H,10H2. The van der Waals surface area contributed by atoms with Gasteiger partial charge in [0, 0.05) is 16.1 Å². The third-order valence-corrected chi connectivity index (χ3v) is 5.36. The summed E-state index contributed by atoms with van der Waals surface area (Å²) in [6.45, 7) is 0.113. The maximum atomic E-state index is 14.1. The minimum absolute atomic E-state index is 0.0305. The van der Waals surface area contributed by atoms with Crippen molar-refractivity contribution in [2.24, 2.45) is 0 Å². The largest absolute Gasteiger partial charge is 0.467 e. The summed E-state index contributed by atoms with van der Waals surface area (Å²) in [4.78, 5) is 18.7. The molecule has 0 aliphatic rings. The van der Waals surface area contributed by atoms with Crippen LogP contribution in [-0.2, 0) is 6.54 Å². The van der Waals surface area contributed by atoms with Gasteiger partial charge in [0.2, 0.25) is 0 Å². The molecule has 0 N–H and O–H groups in total. The number of fused-ring (bicyclic) bond motifs is 1. The highest BCUT2D eigenvalue weighted by Gasteiger charge is 2.24. The average molecular weight is 449 g/mol. The summed E-state index contributed by atoms with van der Waals surface area (Å²) < 4.78 is 34.0. The van der Waals surface area contributed by atoms with Crippen LogP contribution in [0.15, 0.2) is 63.7 Å². The highest BCUT2D eigenvalue weighted by atomic mass is 79.9. The Morgan fingerprint density at radius 1 is 1.19 bits per heavy atom. The Hall–Kier alpha value is -2.58. The number of nitrogens with zero attached hydrogens (tertiary/aromatic N) is 2. The molecule has 4 aromatic rings. The van der Waals surface area contributed by atoms with E-state index in [0.29, 0.717) is 16.0 Å². The Bertz CT molecular complexity index is 1130. The first-order chi connectivity index (χ1) is 13.0. The molecule has 136 valence electrons. The number of anilines is 1. The Morgan fingerprint density at radius 3 is 2.78 bits per heavy atom. The van der Waals surface area contributed by atoms with Crippen molar-refractivity contribution in [1.29, 1.82) is 0 Å². The number of benzene rings is 2. The van der Waals surface area contributed by atoms with Crippen LogP contribution in [0.25, 0.3) is 10.2 Å². The maximum Gasteiger partial charge on any atom is 0.260 e. The van der Waals surface area contributed by atoms with Crippen LogP contribution in [0.1, 0.15) is 16.1 Å². The summed E-state index contributed by atoms with van der Waals surface area (Å²) in [6, 6.07) is 12.3. The van der Waals surface area contributed by atoms with Crippen LogP contribution >= 0.6 is 27.3 Å². The van der Waals surface area contributed by atoms with E-state index in [4.69, 9.17) is 4.42 Å². The molecule has 27 heavy (non-hydrogen) atoms. The van der Waals surface area contributed by atoms with E-state index >= 15 is 0 Å². The molecule has 0 unspecified atom stereocenters. The highest BCUT2D eigenvalue weighted by Crippen LogP contribution is 2.33. The van der Waals surface area contributed by atoms with Gasteiger partial charge < -0.3 is 4.42 Å². The Morgan fingerprint density at radius 2 is 2.04 bits per heavy atom. The van der Waals surface area contributed by atoms with Crippen molar-refractivity contribution in [1.82, 2.24) is 4.98 Å². The van der Waals surface area contributed by atoms with Crippen molar-refractivity contribution >= 4 is 48.5 Å². The van der Waals surface area contributed by atoms with Gasteiger partial charge in [0.05, 0.1) is 17.5 Å². The number of furan rings is 1. The molecule has 2 aromatic carbocycles. The second-order valence-corrected chi connectivity index (χ2v) is 7.64. The number of hydrogen-bond donors (Lipinski definition) is 0. The zero-order chi connectivity index (χ0) is 19.0. The van der Waals surface area contributed by atoms with Gasteiger partial charge in [-0.3, -0.25) is 9.69 Å². The van der Waals surface area contributed by atoms with E-state index in [-0.39, 0.29) is 23.1 Å². The molecular weight excluding hydrogens is 438 g/mol. The zero-order valence-electron chi connectivity index (χ0n) is 13.7. The van der Waals surface area contributed by atoms with Crippen molar-refractivity contribution in [2.45, 2.75) is 6.54 Å². The van der Waals surface area contributed by atoms with Crippen LogP contribution < -0.4 is 4.90 Å². The van der Waals surface area contributed by atoms with Crippen LogP contribution in [0.3, 0.4) is 0 Å². The van der Waals surface area contributed by atoms with E-state index < -0.39 is 11.6 Å². The van der Waals surface area contributed by atoms with E-state index in [1.807, 2.05) is 6.07 Å². The second-order valence-electron chi connectivity index (χ2n) is 5.71. The van der Waals surface area contributed by atoms with Gasteiger partial charge in [0.25, 0.3) is 5.91 Å². The SMILES string of the molecule is O=C(c1cccc(Br)c1)N(Cc1ccco1)c1nc2c(F)cc(F)cc2s1. The molecule has 0 bridgehead atoms. The predicted molar refractivity (Wildman–Crippen MR) is 103 cm³/mol. The first-order valence-electron chi connectivity index (χ1n) is 7.86. The molecule has 2 aromatic heterocycles. The lowest BCUT2D eigenvalue weighted by molar-refractivity contribution is 0.0983. The fourth-order valence-corrected chi connectivity index (χ4v) is 4.02. The van der Waals surface area contributed by atoms with Gasteiger partial charge in [0.1, 0.15) is 17.1 Å². The summed E-state index contributed by atoms with van der Waals surface area (Å²) in [5.74, 6) is -1.23. The van der Waals surface area contributed by atoms with Crippen LogP contribution in [-0.4, -0.2) is 10.9 Å². The van der Waals surface area contributed by atoms with Crippen molar-refractivity contribution in [3.05, 3.63) is 82.2 Å². The molecule has 0 fully saturated rings. The molecule has 0 saturated heterocycles. The Kier molecular flexibility index (Phi) is 4.75. The van der Waals surface area contributed by atoms with Gasteiger partial charge in [-0.2, -0.15) is 0 Å². The van der Waals surface area contributed by atoms with Gasteiger partial charge in [-0.1, -0.05) is 33.3 Å². The average Bonchev–Trinajstić information content (AvgIpc) is 3.28. The second kappa shape index (κ2) is 7.21. The highest BCUT2D eigenvalue weighted by molar-refractivity contribution is 9.10. The first kappa shape index (κ1) is 17.8. The van der Waals surface area contributed by atoms with Crippen LogP contribution in [0.5, 0.6) is 0 Å². The van der Waals surface area contributed by atoms with Crippen molar-refractivity contribution in [3.63, 3.8) is 0 Å². The van der Waals surface area contributed by atoms with Crippen molar-refractivity contribution in [2.75, 3.05) is 4.90 Å². The van der Waals surface area contributed by atoms with Crippen molar-refractivity contribution < 1.29 is 18.0 Å². The quantitative estimate of drug-likeness (QED) is 0.397.